The van der Waals surface area contributed by atoms with Crippen LogP contribution in [0.15, 0.2) is 33.0 Å². The predicted molar refractivity (Wildman–Crippen MR) is 91.4 cm³/mol. The summed E-state index contributed by atoms with van der Waals surface area (Å²) in [5.41, 5.74) is 0. The summed E-state index contributed by atoms with van der Waals surface area (Å²) in [6.45, 7) is 1.66. The fourth-order valence-corrected chi connectivity index (χ4v) is 5.64. The van der Waals surface area contributed by atoms with E-state index in [1.165, 1.54) is 19.2 Å². The zero-order valence-electron chi connectivity index (χ0n) is 13.8. The van der Waals surface area contributed by atoms with Crippen LogP contribution >= 0.6 is 22.7 Å². The number of hydrogen-bond donors (Lipinski definition) is 0. The molecule has 7 nitrogen and oxygen atoms in total. The molecule has 3 aromatic rings. The molecule has 13 heteroatoms. The standard InChI is InChI=1S/C14H12F3N3O4S3/c1-8-3-6-11(25-8)27(21,22)20(23-2)7-9-4-5-10(26-9)12-18-13(24-19-12)14(15,16)17/h3-6H,7H2,1-2H3. The summed E-state index contributed by atoms with van der Waals surface area (Å²) < 4.78 is 68.0. The third-order valence-corrected chi connectivity index (χ3v) is 7.48. The van der Waals surface area contributed by atoms with Gasteiger partial charge in [0.05, 0.1) is 18.5 Å². The lowest BCUT2D eigenvalue weighted by Gasteiger charge is -2.17. The highest BCUT2D eigenvalue weighted by atomic mass is 32.2. The second-order valence-corrected chi connectivity index (χ2v) is 9.71. The van der Waals surface area contributed by atoms with Gasteiger partial charge in [-0.2, -0.15) is 18.2 Å². The summed E-state index contributed by atoms with van der Waals surface area (Å²) >= 11 is 2.15. The van der Waals surface area contributed by atoms with Gasteiger partial charge in [-0.3, -0.25) is 4.84 Å². The summed E-state index contributed by atoms with van der Waals surface area (Å²) in [6, 6.07) is 6.22. The Hall–Kier alpha value is -1.80. The third-order valence-electron chi connectivity index (χ3n) is 3.28. The molecule has 0 aliphatic heterocycles. The van der Waals surface area contributed by atoms with Gasteiger partial charge in [0.2, 0.25) is 5.82 Å². The number of aromatic nitrogens is 2. The third kappa shape index (κ3) is 4.21. The van der Waals surface area contributed by atoms with Gasteiger partial charge in [0.15, 0.2) is 0 Å². The van der Waals surface area contributed by atoms with Gasteiger partial charge in [0, 0.05) is 9.75 Å². The molecule has 27 heavy (non-hydrogen) atoms. The number of nitrogens with zero attached hydrogens (tertiary/aromatic N) is 3. The lowest BCUT2D eigenvalue weighted by molar-refractivity contribution is -0.159. The number of aryl methyl sites for hydroxylation is 1. The molecule has 3 rings (SSSR count). The second-order valence-electron chi connectivity index (χ2n) is 5.20. The predicted octanol–water partition coefficient (Wildman–Crippen LogP) is 3.94. The molecule has 0 radical (unpaired) electrons. The first-order valence-corrected chi connectivity index (χ1v) is 10.3. The fourth-order valence-electron chi connectivity index (χ4n) is 2.05. The molecule has 0 aliphatic carbocycles. The molecule has 3 heterocycles. The van der Waals surface area contributed by atoms with Crippen molar-refractivity contribution in [3.63, 3.8) is 0 Å². The maximum absolute atomic E-state index is 12.6. The fraction of sp³-hybridized carbons (Fsp3) is 0.286. The van der Waals surface area contributed by atoms with Crippen LogP contribution in [0, 0.1) is 6.92 Å². The quantitative estimate of drug-likeness (QED) is 0.541. The molecule has 0 N–H and O–H groups in total. The van der Waals surface area contributed by atoms with Crippen LogP contribution in [0.4, 0.5) is 13.2 Å². The number of rotatable bonds is 6. The molecule has 0 aliphatic rings. The van der Waals surface area contributed by atoms with E-state index in [2.05, 4.69) is 14.7 Å². The summed E-state index contributed by atoms with van der Waals surface area (Å²) in [5, 5.41) is 3.31. The number of hydroxylamine groups is 1. The van der Waals surface area contributed by atoms with Crippen molar-refractivity contribution in [2.24, 2.45) is 0 Å². The van der Waals surface area contributed by atoms with Crippen LogP contribution in [0.25, 0.3) is 10.7 Å². The van der Waals surface area contributed by atoms with Crippen molar-refractivity contribution in [2.45, 2.75) is 23.9 Å². The SMILES string of the molecule is CON(Cc1ccc(-c2noc(C(F)(F)F)n2)s1)S(=O)(=O)c1ccc(C)s1. The minimum atomic E-state index is -4.73. The van der Waals surface area contributed by atoms with E-state index in [0.717, 1.165) is 32.0 Å². The highest BCUT2D eigenvalue weighted by Crippen LogP contribution is 2.33. The van der Waals surface area contributed by atoms with Crippen LogP contribution in [0.1, 0.15) is 15.6 Å². The summed E-state index contributed by atoms with van der Waals surface area (Å²) in [7, 11) is -2.64. The van der Waals surface area contributed by atoms with Crippen LogP contribution in [0.5, 0.6) is 0 Å². The zero-order valence-corrected chi connectivity index (χ0v) is 16.3. The lowest BCUT2D eigenvalue weighted by Crippen LogP contribution is -2.28. The first-order chi connectivity index (χ1) is 12.6. The van der Waals surface area contributed by atoms with E-state index in [0.29, 0.717) is 9.75 Å². The molecule has 0 saturated heterocycles. The van der Waals surface area contributed by atoms with Gasteiger partial charge in [0.1, 0.15) is 4.21 Å². The Bertz CT molecular complexity index is 1040. The molecule has 146 valence electrons. The number of alkyl halides is 3. The highest BCUT2D eigenvalue weighted by molar-refractivity contribution is 7.91. The normalized spacial score (nSPS) is 12.8. The average molecular weight is 439 g/mol. The first-order valence-electron chi connectivity index (χ1n) is 7.24. The minimum Gasteiger partial charge on any atom is -0.329 e. The number of hydrogen-bond acceptors (Lipinski definition) is 8. The van der Waals surface area contributed by atoms with Crippen LogP contribution in [-0.2, 0) is 27.6 Å². The van der Waals surface area contributed by atoms with Crippen LogP contribution < -0.4 is 0 Å². The van der Waals surface area contributed by atoms with E-state index < -0.39 is 22.1 Å². The van der Waals surface area contributed by atoms with Gasteiger partial charge in [-0.1, -0.05) is 9.63 Å². The molecule has 0 aromatic carbocycles. The maximum Gasteiger partial charge on any atom is 0.471 e. The molecule has 0 atom stereocenters. The Labute approximate surface area is 160 Å². The van der Waals surface area contributed by atoms with E-state index >= 15 is 0 Å². The van der Waals surface area contributed by atoms with Crippen molar-refractivity contribution in [1.82, 2.24) is 14.6 Å². The molecular weight excluding hydrogens is 427 g/mol. The van der Waals surface area contributed by atoms with Gasteiger partial charge < -0.3 is 4.52 Å². The summed E-state index contributed by atoms with van der Waals surface area (Å²) in [4.78, 5) is 9.99. The highest BCUT2D eigenvalue weighted by Gasteiger charge is 2.38. The molecule has 0 amide bonds. The van der Waals surface area contributed by atoms with Gasteiger partial charge in [-0.15, -0.1) is 22.7 Å². The maximum atomic E-state index is 12.6. The molecule has 0 spiro atoms. The summed E-state index contributed by atoms with van der Waals surface area (Å²) in [6.07, 6.45) is -4.73. The van der Waals surface area contributed by atoms with Crippen molar-refractivity contribution in [1.29, 1.82) is 0 Å². The van der Waals surface area contributed by atoms with Gasteiger partial charge in [0.25, 0.3) is 10.0 Å². The second kappa shape index (κ2) is 7.31. The van der Waals surface area contributed by atoms with E-state index in [-0.39, 0.29) is 16.6 Å². The topological polar surface area (TPSA) is 85.5 Å². The number of halogens is 3. The minimum absolute atomic E-state index is 0.121. The average Bonchev–Trinajstić information content (AvgIpc) is 3.31. The molecular formula is C14H12F3N3O4S3. The Morgan fingerprint density at radius 2 is 1.96 bits per heavy atom. The van der Waals surface area contributed by atoms with Crippen molar-refractivity contribution in [3.8, 4) is 10.7 Å². The van der Waals surface area contributed by atoms with Crippen molar-refractivity contribution < 1.29 is 30.9 Å². The summed E-state index contributed by atoms with van der Waals surface area (Å²) in [5.74, 6) is -1.67. The smallest absolute Gasteiger partial charge is 0.329 e. The lowest BCUT2D eigenvalue weighted by atomic mass is 10.4. The van der Waals surface area contributed by atoms with Gasteiger partial charge in [-0.25, -0.2) is 8.42 Å². The van der Waals surface area contributed by atoms with Crippen molar-refractivity contribution in [2.75, 3.05) is 7.11 Å². The number of sulfonamides is 1. The van der Waals surface area contributed by atoms with E-state index in [4.69, 9.17) is 4.84 Å². The van der Waals surface area contributed by atoms with E-state index in [9.17, 15) is 21.6 Å². The largest absolute Gasteiger partial charge is 0.471 e. The van der Waals surface area contributed by atoms with Crippen molar-refractivity contribution in [3.05, 3.63) is 39.9 Å². The van der Waals surface area contributed by atoms with Gasteiger partial charge in [-0.05, 0) is 31.2 Å². The monoisotopic (exact) mass is 439 g/mol. The first kappa shape index (κ1) is 19.9. The Morgan fingerprint density at radius 1 is 1.22 bits per heavy atom. The molecule has 0 bridgehead atoms. The van der Waals surface area contributed by atoms with Gasteiger partial charge >= 0.3 is 12.1 Å². The van der Waals surface area contributed by atoms with E-state index in [1.54, 1.807) is 19.1 Å². The number of thiophene rings is 2. The molecule has 0 fully saturated rings. The Kier molecular flexibility index (Phi) is 5.40. The molecule has 0 unspecified atom stereocenters. The molecule has 0 saturated carbocycles. The van der Waals surface area contributed by atoms with E-state index in [1.807, 2.05) is 0 Å². The Morgan fingerprint density at radius 3 is 2.52 bits per heavy atom. The van der Waals surface area contributed by atoms with Crippen LogP contribution in [0.3, 0.4) is 0 Å². The molecule has 3 aromatic heterocycles. The van der Waals surface area contributed by atoms with Crippen LogP contribution in [0.2, 0.25) is 0 Å². The zero-order chi connectivity index (χ0) is 19.8. The van der Waals surface area contributed by atoms with Crippen molar-refractivity contribution >= 4 is 32.7 Å². The Balaban J connectivity index is 1.81. The van der Waals surface area contributed by atoms with Crippen LogP contribution in [-0.4, -0.2) is 30.1 Å².